The van der Waals surface area contributed by atoms with Crippen LogP contribution in [0.1, 0.15) is 24.1 Å². The standard InChI is InChI=1S/C4H8.C2H4.CH4.2H2/c1-3-4-2;1-2;;;/h3-4H,1-2H3;1-2H2;1H4;2*1H. The van der Waals surface area contributed by atoms with Crippen molar-refractivity contribution in [2.45, 2.75) is 21.3 Å². The molecular weight excluding hydrogens is 84.1 g/mol. The maximum Gasteiger partial charge on any atom is 0 e. The molecule has 0 unspecified atom stereocenters. The Hall–Kier alpha value is -0.520. The molecule has 0 fully saturated rings. The highest BCUT2D eigenvalue weighted by Crippen LogP contribution is 1.57. The second-order valence-electron chi connectivity index (χ2n) is 0.667. The van der Waals surface area contributed by atoms with E-state index >= 15 is 0 Å². The molecule has 0 aliphatic carbocycles. The zero-order chi connectivity index (χ0) is 5.41. The average molecular weight is 104 g/mol. The van der Waals surface area contributed by atoms with Crippen LogP contribution >= 0.6 is 0 Å². The van der Waals surface area contributed by atoms with Crippen LogP contribution in [0.25, 0.3) is 0 Å². The summed E-state index contributed by atoms with van der Waals surface area (Å²) in [7, 11) is 0. The summed E-state index contributed by atoms with van der Waals surface area (Å²) in [5.74, 6) is 0. The van der Waals surface area contributed by atoms with Gasteiger partial charge >= 0.3 is 0 Å². The molecular formula is C7H20. The van der Waals surface area contributed by atoms with E-state index in [0.717, 1.165) is 0 Å². The van der Waals surface area contributed by atoms with E-state index < -0.39 is 0 Å². The fourth-order valence-electron chi connectivity index (χ4n) is 0. The highest BCUT2D eigenvalue weighted by Gasteiger charge is 1.34. The van der Waals surface area contributed by atoms with E-state index in [1.54, 1.807) is 0 Å². The fraction of sp³-hybridized carbons (Fsp3) is 0.429. The monoisotopic (exact) mass is 104 g/mol. The molecule has 0 aromatic heterocycles. The second-order valence-corrected chi connectivity index (χ2v) is 0.667. The first-order valence-electron chi connectivity index (χ1n) is 1.99. The normalized spacial score (nSPS) is 6.00. The van der Waals surface area contributed by atoms with Crippen molar-refractivity contribution in [2.75, 3.05) is 0 Å². The highest BCUT2D eigenvalue weighted by molar-refractivity contribution is 4.68. The van der Waals surface area contributed by atoms with Crippen molar-refractivity contribution in [2.24, 2.45) is 0 Å². The summed E-state index contributed by atoms with van der Waals surface area (Å²) < 4.78 is 0. The van der Waals surface area contributed by atoms with Crippen molar-refractivity contribution in [3.63, 3.8) is 0 Å². The van der Waals surface area contributed by atoms with E-state index in [1.165, 1.54) is 0 Å². The predicted molar refractivity (Wildman–Crippen MR) is 42.7 cm³/mol. The Balaban J connectivity index is -0.00000000990. The van der Waals surface area contributed by atoms with Gasteiger partial charge in [-0.15, -0.1) is 13.2 Å². The van der Waals surface area contributed by atoms with Crippen LogP contribution in [0.15, 0.2) is 25.3 Å². The Labute approximate surface area is 50.5 Å². The smallest absolute Gasteiger partial charge is 0 e. The maximum absolute atomic E-state index is 3.00. The molecule has 0 aliphatic rings. The van der Waals surface area contributed by atoms with Crippen molar-refractivity contribution >= 4 is 0 Å². The van der Waals surface area contributed by atoms with Gasteiger partial charge in [0.15, 0.2) is 0 Å². The summed E-state index contributed by atoms with van der Waals surface area (Å²) in [6.45, 7) is 10.0. The first-order chi connectivity index (χ1) is 2.91. The molecule has 0 amide bonds. The van der Waals surface area contributed by atoms with Crippen LogP contribution in [0.3, 0.4) is 0 Å². The summed E-state index contributed by atoms with van der Waals surface area (Å²) >= 11 is 0. The molecule has 0 aromatic carbocycles. The van der Waals surface area contributed by atoms with Gasteiger partial charge < -0.3 is 0 Å². The van der Waals surface area contributed by atoms with E-state index in [4.69, 9.17) is 0 Å². The molecule has 0 spiro atoms. The molecule has 0 saturated carbocycles. The van der Waals surface area contributed by atoms with Crippen LogP contribution < -0.4 is 0 Å². The quantitative estimate of drug-likeness (QED) is 0.412. The molecule has 0 bridgehead atoms. The molecule has 0 aromatic rings. The topological polar surface area (TPSA) is 0 Å². The van der Waals surface area contributed by atoms with Gasteiger partial charge in [0.2, 0.25) is 0 Å². The average Bonchev–Trinajstić information content (AvgIpc) is 1.72. The van der Waals surface area contributed by atoms with Gasteiger partial charge in [0.25, 0.3) is 0 Å². The summed E-state index contributed by atoms with van der Waals surface area (Å²) in [5.41, 5.74) is 0. The molecule has 0 N–H and O–H groups in total. The van der Waals surface area contributed by atoms with Gasteiger partial charge in [-0.1, -0.05) is 19.6 Å². The molecule has 7 heavy (non-hydrogen) atoms. The van der Waals surface area contributed by atoms with Gasteiger partial charge in [-0.25, -0.2) is 0 Å². The summed E-state index contributed by atoms with van der Waals surface area (Å²) in [6.07, 6.45) is 4.00. The Kier molecular flexibility index (Phi) is 115. The molecule has 0 radical (unpaired) electrons. The Morgan fingerprint density at radius 2 is 1.29 bits per heavy atom. The summed E-state index contributed by atoms with van der Waals surface area (Å²) in [4.78, 5) is 0. The van der Waals surface area contributed by atoms with E-state index in [1.807, 2.05) is 26.0 Å². The minimum absolute atomic E-state index is 0. The molecule has 0 saturated heterocycles. The molecule has 0 nitrogen and oxygen atoms in total. The molecule has 0 heteroatoms. The van der Waals surface area contributed by atoms with Crippen LogP contribution in [-0.4, -0.2) is 0 Å². The van der Waals surface area contributed by atoms with Crippen molar-refractivity contribution in [1.29, 1.82) is 0 Å². The van der Waals surface area contributed by atoms with Crippen molar-refractivity contribution in [1.82, 2.24) is 0 Å². The number of rotatable bonds is 0. The molecule has 48 valence electrons. The number of hydrogen-bond donors (Lipinski definition) is 0. The lowest BCUT2D eigenvalue weighted by Gasteiger charge is -1.49. The maximum atomic E-state index is 3.00. The van der Waals surface area contributed by atoms with Crippen LogP contribution in [0.5, 0.6) is 0 Å². The van der Waals surface area contributed by atoms with Crippen molar-refractivity contribution in [3.05, 3.63) is 25.3 Å². The molecule has 0 rings (SSSR count). The van der Waals surface area contributed by atoms with Gasteiger partial charge in [0.05, 0.1) is 0 Å². The second kappa shape index (κ2) is 50.2. The molecule has 0 atom stereocenters. The van der Waals surface area contributed by atoms with Gasteiger partial charge in [-0.3, -0.25) is 0 Å². The first-order valence-corrected chi connectivity index (χ1v) is 1.99. The van der Waals surface area contributed by atoms with Gasteiger partial charge in [-0.05, 0) is 13.8 Å². The number of hydrogen-bond acceptors (Lipinski definition) is 0. The summed E-state index contributed by atoms with van der Waals surface area (Å²) in [6, 6.07) is 0. The van der Waals surface area contributed by atoms with Gasteiger partial charge in [0, 0.05) is 2.85 Å². The minimum atomic E-state index is 0. The van der Waals surface area contributed by atoms with Crippen LogP contribution in [0.4, 0.5) is 0 Å². The zero-order valence-corrected chi connectivity index (χ0v) is 4.57. The Bertz CT molecular complexity index is 29.9. The minimum Gasteiger partial charge on any atom is -0.106 e. The van der Waals surface area contributed by atoms with E-state index in [9.17, 15) is 0 Å². The SMILES string of the molecule is C.C=C.CC=CC.[HH].[HH]. The zero-order valence-electron chi connectivity index (χ0n) is 4.57. The van der Waals surface area contributed by atoms with Crippen molar-refractivity contribution in [3.8, 4) is 0 Å². The van der Waals surface area contributed by atoms with E-state index in [0.29, 0.717) is 0 Å². The highest BCUT2D eigenvalue weighted by atomic mass is 13.4. The number of allylic oxidation sites excluding steroid dienone is 2. The van der Waals surface area contributed by atoms with Gasteiger partial charge in [-0.2, -0.15) is 0 Å². The lowest BCUT2D eigenvalue weighted by molar-refractivity contribution is 1.64. The predicted octanol–water partition coefficient (Wildman–Crippen LogP) is 3.51. The fourth-order valence-corrected chi connectivity index (χ4v) is 0. The van der Waals surface area contributed by atoms with E-state index in [2.05, 4.69) is 13.2 Å². The van der Waals surface area contributed by atoms with Crippen LogP contribution in [0, 0.1) is 0 Å². The molecule has 0 heterocycles. The molecule has 0 aliphatic heterocycles. The Morgan fingerprint density at radius 1 is 1.14 bits per heavy atom. The third kappa shape index (κ3) is 288. The largest absolute Gasteiger partial charge is 0.106 e. The van der Waals surface area contributed by atoms with Crippen LogP contribution in [-0.2, 0) is 0 Å². The lowest BCUT2D eigenvalue weighted by Crippen LogP contribution is -1.26. The first kappa shape index (κ1) is 16.1. The lowest BCUT2D eigenvalue weighted by atomic mass is 10.6. The third-order valence-electron chi connectivity index (χ3n) is 0.333. The van der Waals surface area contributed by atoms with E-state index in [-0.39, 0.29) is 10.3 Å². The van der Waals surface area contributed by atoms with Crippen molar-refractivity contribution < 1.29 is 2.85 Å². The summed E-state index contributed by atoms with van der Waals surface area (Å²) in [5, 5.41) is 0. The Morgan fingerprint density at radius 3 is 1.29 bits per heavy atom. The van der Waals surface area contributed by atoms with Gasteiger partial charge in [0.1, 0.15) is 0 Å². The van der Waals surface area contributed by atoms with Crippen LogP contribution in [0.2, 0.25) is 0 Å². The third-order valence-corrected chi connectivity index (χ3v) is 0.333.